The number of rotatable bonds is 8. The molecule has 1 amide bonds. The Bertz CT molecular complexity index is 702. The standard InChI is InChI=1S/C15H21ClN2O5S/c1-4-18(5-2)14(19)8-9-17-24(21,22)13-7-6-11(10-12(13)16)15(20)23-3/h6-7,10,17H,4-5,8-9H2,1-3H3. The van der Waals surface area contributed by atoms with Crippen molar-refractivity contribution in [2.75, 3.05) is 26.7 Å². The van der Waals surface area contributed by atoms with Crippen molar-refractivity contribution in [2.45, 2.75) is 25.2 Å². The van der Waals surface area contributed by atoms with Crippen LogP contribution in [0, 0.1) is 0 Å². The molecule has 0 saturated carbocycles. The molecule has 7 nitrogen and oxygen atoms in total. The average molecular weight is 377 g/mol. The van der Waals surface area contributed by atoms with E-state index >= 15 is 0 Å². The van der Waals surface area contributed by atoms with E-state index in [0.29, 0.717) is 13.1 Å². The third-order valence-corrected chi connectivity index (χ3v) is 5.33. The van der Waals surface area contributed by atoms with E-state index in [9.17, 15) is 18.0 Å². The van der Waals surface area contributed by atoms with Gasteiger partial charge in [0.15, 0.2) is 0 Å². The summed E-state index contributed by atoms with van der Waals surface area (Å²) in [6.07, 6.45) is 0.0543. The van der Waals surface area contributed by atoms with E-state index in [1.165, 1.54) is 25.3 Å². The number of nitrogens with one attached hydrogen (secondary N) is 1. The molecule has 0 aliphatic rings. The SMILES string of the molecule is CCN(CC)C(=O)CCNS(=O)(=O)c1ccc(C(=O)OC)cc1Cl. The second-order valence-corrected chi connectivity index (χ2v) is 6.99. The van der Waals surface area contributed by atoms with Gasteiger partial charge < -0.3 is 9.64 Å². The molecule has 0 aliphatic heterocycles. The summed E-state index contributed by atoms with van der Waals surface area (Å²) in [6.45, 7) is 4.82. The van der Waals surface area contributed by atoms with Crippen LogP contribution in [-0.4, -0.2) is 51.9 Å². The molecule has 0 bridgehead atoms. The number of carbonyl (C=O) groups is 2. The maximum atomic E-state index is 12.3. The Hall–Kier alpha value is -1.64. The van der Waals surface area contributed by atoms with E-state index in [0.717, 1.165) is 0 Å². The smallest absolute Gasteiger partial charge is 0.337 e. The lowest BCUT2D eigenvalue weighted by Crippen LogP contribution is -2.34. The summed E-state index contributed by atoms with van der Waals surface area (Å²) in [7, 11) is -2.66. The summed E-state index contributed by atoms with van der Waals surface area (Å²) in [5, 5.41) is -0.0968. The number of benzene rings is 1. The Morgan fingerprint density at radius 3 is 2.38 bits per heavy atom. The Morgan fingerprint density at radius 2 is 1.88 bits per heavy atom. The number of hydrogen-bond donors (Lipinski definition) is 1. The molecule has 1 N–H and O–H groups in total. The number of amides is 1. The first kappa shape index (κ1) is 20.4. The van der Waals surface area contributed by atoms with Crippen molar-refractivity contribution < 1.29 is 22.7 Å². The van der Waals surface area contributed by atoms with E-state index < -0.39 is 16.0 Å². The molecule has 0 unspecified atom stereocenters. The Kier molecular flexibility index (Phi) is 7.65. The highest BCUT2D eigenvalue weighted by molar-refractivity contribution is 7.89. The second kappa shape index (κ2) is 9.00. The molecule has 9 heteroatoms. The van der Waals surface area contributed by atoms with Crippen molar-refractivity contribution in [1.29, 1.82) is 0 Å². The van der Waals surface area contributed by atoms with Gasteiger partial charge in [0.05, 0.1) is 17.7 Å². The third kappa shape index (κ3) is 5.19. The molecule has 0 fully saturated rings. The van der Waals surface area contributed by atoms with Crippen LogP contribution in [0.2, 0.25) is 5.02 Å². The number of methoxy groups -OCH3 is 1. The highest BCUT2D eigenvalue weighted by atomic mass is 35.5. The average Bonchev–Trinajstić information content (AvgIpc) is 2.54. The predicted octanol–water partition coefficient (Wildman–Crippen LogP) is 1.66. The largest absolute Gasteiger partial charge is 0.465 e. The summed E-state index contributed by atoms with van der Waals surface area (Å²) >= 11 is 5.95. The number of halogens is 1. The van der Waals surface area contributed by atoms with Gasteiger partial charge in [-0.1, -0.05) is 11.6 Å². The molecule has 1 aromatic rings. The van der Waals surface area contributed by atoms with Crippen LogP contribution in [0.25, 0.3) is 0 Å². The van der Waals surface area contributed by atoms with Crippen molar-refractivity contribution in [3.63, 3.8) is 0 Å². The van der Waals surface area contributed by atoms with Gasteiger partial charge in [0.25, 0.3) is 0 Å². The number of esters is 1. The lowest BCUT2D eigenvalue weighted by Gasteiger charge is -2.18. The molecular formula is C15H21ClN2O5S. The molecule has 0 heterocycles. The minimum atomic E-state index is -3.88. The maximum absolute atomic E-state index is 12.3. The Morgan fingerprint density at radius 1 is 1.25 bits per heavy atom. The van der Waals surface area contributed by atoms with Gasteiger partial charge in [0.2, 0.25) is 15.9 Å². The van der Waals surface area contributed by atoms with Gasteiger partial charge in [-0.15, -0.1) is 0 Å². The first-order valence-corrected chi connectivity index (χ1v) is 9.28. The minimum absolute atomic E-state index is 0.0350. The summed E-state index contributed by atoms with van der Waals surface area (Å²) in [5.74, 6) is -0.742. The van der Waals surface area contributed by atoms with Gasteiger partial charge >= 0.3 is 5.97 Å². The molecule has 0 radical (unpaired) electrons. The first-order valence-electron chi connectivity index (χ1n) is 7.42. The van der Waals surface area contributed by atoms with Crippen molar-refractivity contribution >= 4 is 33.5 Å². The predicted molar refractivity (Wildman–Crippen MR) is 90.5 cm³/mol. The quantitative estimate of drug-likeness (QED) is 0.696. The molecular weight excluding hydrogens is 356 g/mol. The molecule has 24 heavy (non-hydrogen) atoms. The lowest BCUT2D eigenvalue weighted by molar-refractivity contribution is -0.130. The Labute approximate surface area is 147 Å². The summed E-state index contributed by atoms with van der Waals surface area (Å²) in [5.41, 5.74) is 0.151. The van der Waals surface area contributed by atoms with Crippen molar-refractivity contribution in [3.8, 4) is 0 Å². The molecule has 1 aromatic carbocycles. The zero-order valence-electron chi connectivity index (χ0n) is 13.8. The molecule has 0 spiro atoms. The summed E-state index contributed by atoms with van der Waals surface area (Å²) in [4.78, 5) is 24.7. The van der Waals surface area contributed by atoms with Crippen LogP contribution in [0.5, 0.6) is 0 Å². The third-order valence-electron chi connectivity index (χ3n) is 3.39. The minimum Gasteiger partial charge on any atom is -0.465 e. The Balaban J connectivity index is 2.79. The zero-order chi connectivity index (χ0) is 18.3. The maximum Gasteiger partial charge on any atom is 0.337 e. The van der Waals surface area contributed by atoms with E-state index in [1.807, 2.05) is 13.8 Å². The van der Waals surface area contributed by atoms with Crippen molar-refractivity contribution in [3.05, 3.63) is 28.8 Å². The van der Waals surface area contributed by atoms with Crippen molar-refractivity contribution in [2.24, 2.45) is 0 Å². The fraction of sp³-hybridized carbons (Fsp3) is 0.467. The van der Waals surface area contributed by atoms with E-state index in [4.69, 9.17) is 11.6 Å². The number of sulfonamides is 1. The summed E-state index contributed by atoms with van der Waals surface area (Å²) in [6, 6.07) is 3.76. The monoisotopic (exact) mass is 376 g/mol. The number of nitrogens with zero attached hydrogens (tertiary/aromatic N) is 1. The van der Waals surface area contributed by atoms with E-state index in [1.54, 1.807) is 4.90 Å². The molecule has 0 atom stereocenters. The van der Waals surface area contributed by atoms with E-state index in [-0.39, 0.29) is 34.4 Å². The van der Waals surface area contributed by atoms with Crippen LogP contribution in [0.15, 0.2) is 23.1 Å². The van der Waals surface area contributed by atoms with Crippen LogP contribution in [-0.2, 0) is 19.6 Å². The van der Waals surface area contributed by atoms with Gasteiger partial charge in [-0.25, -0.2) is 17.9 Å². The highest BCUT2D eigenvalue weighted by Gasteiger charge is 2.20. The topological polar surface area (TPSA) is 92.8 Å². The molecule has 0 aromatic heterocycles. The van der Waals surface area contributed by atoms with Gasteiger partial charge in [0, 0.05) is 26.1 Å². The molecule has 134 valence electrons. The normalized spacial score (nSPS) is 11.2. The van der Waals surface area contributed by atoms with Crippen LogP contribution >= 0.6 is 11.6 Å². The van der Waals surface area contributed by atoms with Gasteiger partial charge in [-0.3, -0.25) is 4.79 Å². The number of ether oxygens (including phenoxy) is 1. The van der Waals surface area contributed by atoms with Crippen molar-refractivity contribution in [1.82, 2.24) is 9.62 Å². The van der Waals surface area contributed by atoms with Gasteiger partial charge in [-0.05, 0) is 32.0 Å². The van der Waals surface area contributed by atoms with Crippen LogP contribution in [0.4, 0.5) is 0 Å². The molecule has 0 aliphatic carbocycles. The van der Waals surface area contributed by atoms with Gasteiger partial charge in [-0.2, -0.15) is 0 Å². The van der Waals surface area contributed by atoms with Gasteiger partial charge in [0.1, 0.15) is 4.90 Å². The number of carbonyl (C=O) groups excluding carboxylic acids is 2. The highest BCUT2D eigenvalue weighted by Crippen LogP contribution is 2.23. The van der Waals surface area contributed by atoms with Crippen LogP contribution in [0.3, 0.4) is 0 Å². The van der Waals surface area contributed by atoms with Crippen LogP contribution in [0.1, 0.15) is 30.6 Å². The second-order valence-electron chi connectivity index (χ2n) is 4.85. The fourth-order valence-corrected chi connectivity index (χ4v) is 3.64. The summed E-state index contributed by atoms with van der Waals surface area (Å²) < 4.78 is 31.4. The fourth-order valence-electron chi connectivity index (χ4n) is 2.07. The lowest BCUT2D eigenvalue weighted by atomic mass is 10.2. The molecule has 0 saturated heterocycles. The first-order chi connectivity index (χ1) is 11.3. The van der Waals surface area contributed by atoms with Crippen LogP contribution < -0.4 is 4.72 Å². The van der Waals surface area contributed by atoms with E-state index in [2.05, 4.69) is 9.46 Å². The zero-order valence-corrected chi connectivity index (χ0v) is 15.4. The molecule has 1 rings (SSSR count). The number of hydrogen-bond acceptors (Lipinski definition) is 5.